The van der Waals surface area contributed by atoms with Crippen LogP contribution in [0.25, 0.3) is 0 Å². The molecule has 1 aromatic heterocycles. The van der Waals surface area contributed by atoms with Crippen LogP contribution in [-0.4, -0.2) is 48.9 Å². The molecule has 3 rings (SSSR count). The number of anilines is 2. The van der Waals surface area contributed by atoms with Crippen molar-refractivity contribution in [2.75, 3.05) is 42.7 Å². The highest BCUT2D eigenvalue weighted by molar-refractivity contribution is 7.98. The van der Waals surface area contributed by atoms with E-state index in [-0.39, 0.29) is 12.4 Å². The Balaban J connectivity index is 0.00000300. The number of piperazine rings is 1. The van der Waals surface area contributed by atoms with Gasteiger partial charge in [0, 0.05) is 39.3 Å². The molecule has 5 nitrogen and oxygen atoms in total. The zero-order chi connectivity index (χ0) is 19.9. The molecule has 1 atom stereocenters. The minimum Gasteiger partial charge on any atom is -0.350 e. The molecule has 1 aromatic carbocycles. The Morgan fingerprint density at radius 3 is 2.72 bits per heavy atom. The van der Waals surface area contributed by atoms with E-state index in [4.69, 9.17) is 16.6 Å². The van der Waals surface area contributed by atoms with Gasteiger partial charge in [-0.25, -0.2) is 0 Å². The van der Waals surface area contributed by atoms with Crippen LogP contribution < -0.4 is 15.1 Å². The van der Waals surface area contributed by atoms with Gasteiger partial charge >= 0.3 is 0 Å². The second kappa shape index (κ2) is 11.8. The van der Waals surface area contributed by atoms with Gasteiger partial charge in [-0.15, -0.1) is 24.2 Å². The fraction of sp³-hybridized carbons (Fsp3) is 0.524. The first-order chi connectivity index (χ1) is 13.6. The number of halogens is 2. The monoisotopic (exact) mass is 455 g/mol. The zero-order valence-corrected chi connectivity index (χ0v) is 19.8. The number of nitrogens with zero attached hydrogens (tertiary/aromatic N) is 4. The van der Waals surface area contributed by atoms with Crippen LogP contribution in [0, 0.1) is 0 Å². The first-order valence-electron chi connectivity index (χ1n) is 9.98. The van der Waals surface area contributed by atoms with Crippen LogP contribution in [0.3, 0.4) is 0 Å². The molecule has 0 aliphatic carbocycles. The standard InChI is InChI=1S/C21H30ClN5S.ClH/c1-4-5-11-17-14-23-12-13-27(17)20-18(28-3)19(22)24-21(25-20)26(2)15-16-9-7-6-8-10-16;/h6-10,17,23H,4-5,11-15H2,1-3H3;1H. The molecule has 2 heterocycles. The highest BCUT2D eigenvalue weighted by Gasteiger charge is 2.27. The quantitative estimate of drug-likeness (QED) is 0.451. The van der Waals surface area contributed by atoms with Crippen LogP contribution in [0.1, 0.15) is 31.7 Å². The Kier molecular flexibility index (Phi) is 9.83. The Hall–Kier alpha value is -1.21. The normalized spacial score (nSPS) is 16.4. The molecule has 29 heavy (non-hydrogen) atoms. The molecule has 0 radical (unpaired) electrons. The molecule has 8 heteroatoms. The molecular weight excluding hydrogens is 425 g/mol. The Labute approximate surface area is 190 Å². The van der Waals surface area contributed by atoms with Crippen LogP contribution in [0.5, 0.6) is 0 Å². The summed E-state index contributed by atoms with van der Waals surface area (Å²) in [4.78, 5) is 15.1. The van der Waals surface area contributed by atoms with Crippen LogP contribution in [-0.2, 0) is 6.54 Å². The van der Waals surface area contributed by atoms with Gasteiger partial charge in [-0.2, -0.15) is 9.97 Å². The average Bonchev–Trinajstić information content (AvgIpc) is 2.72. The summed E-state index contributed by atoms with van der Waals surface area (Å²) in [6.07, 6.45) is 5.63. The van der Waals surface area contributed by atoms with E-state index in [2.05, 4.69) is 51.3 Å². The molecule has 1 saturated heterocycles. The second-order valence-corrected chi connectivity index (χ2v) is 8.38. The van der Waals surface area contributed by atoms with Crippen molar-refractivity contribution in [3.63, 3.8) is 0 Å². The lowest BCUT2D eigenvalue weighted by Crippen LogP contribution is -2.52. The molecule has 1 aliphatic rings. The summed E-state index contributed by atoms with van der Waals surface area (Å²) in [7, 11) is 2.02. The Bertz CT molecular complexity index is 762. The van der Waals surface area contributed by atoms with E-state index in [1.54, 1.807) is 11.8 Å². The summed E-state index contributed by atoms with van der Waals surface area (Å²) in [5.74, 6) is 1.65. The van der Waals surface area contributed by atoms with Crippen molar-refractivity contribution >= 4 is 47.5 Å². The van der Waals surface area contributed by atoms with Gasteiger partial charge < -0.3 is 15.1 Å². The topological polar surface area (TPSA) is 44.3 Å². The lowest BCUT2D eigenvalue weighted by Gasteiger charge is -2.38. The molecule has 1 aliphatic heterocycles. The minimum atomic E-state index is 0. The van der Waals surface area contributed by atoms with E-state index in [0.29, 0.717) is 17.1 Å². The van der Waals surface area contributed by atoms with Crippen molar-refractivity contribution in [2.45, 2.75) is 43.7 Å². The fourth-order valence-electron chi connectivity index (χ4n) is 3.61. The third-order valence-electron chi connectivity index (χ3n) is 5.12. The number of thioether (sulfide) groups is 1. The molecule has 0 saturated carbocycles. The largest absolute Gasteiger partial charge is 0.350 e. The van der Waals surface area contributed by atoms with Gasteiger partial charge in [-0.3, -0.25) is 0 Å². The summed E-state index contributed by atoms with van der Waals surface area (Å²) in [6, 6.07) is 10.8. The van der Waals surface area contributed by atoms with Crippen molar-refractivity contribution in [3.8, 4) is 0 Å². The highest BCUT2D eigenvalue weighted by atomic mass is 35.5. The molecule has 1 unspecified atom stereocenters. The molecule has 0 spiro atoms. The van der Waals surface area contributed by atoms with E-state index in [9.17, 15) is 0 Å². The summed E-state index contributed by atoms with van der Waals surface area (Å²) in [5.41, 5.74) is 1.23. The fourth-order valence-corrected chi connectivity index (χ4v) is 4.56. The van der Waals surface area contributed by atoms with Crippen molar-refractivity contribution in [3.05, 3.63) is 41.0 Å². The molecule has 2 aromatic rings. The predicted octanol–water partition coefficient (Wildman–Crippen LogP) is 4.88. The first-order valence-corrected chi connectivity index (χ1v) is 11.6. The molecule has 1 N–H and O–H groups in total. The van der Waals surface area contributed by atoms with E-state index < -0.39 is 0 Å². The van der Waals surface area contributed by atoms with Gasteiger partial charge in [0.2, 0.25) is 5.95 Å². The molecule has 0 bridgehead atoms. The van der Waals surface area contributed by atoms with Crippen LogP contribution in [0.15, 0.2) is 35.2 Å². The Morgan fingerprint density at radius 1 is 1.28 bits per heavy atom. The van der Waals surface area contributed by atoms with E-state index in [0.717, 1.165) is 43.3 Å². The van der Waals surface area contributed by atoms with Crippen LogP contribution >= 0.6 is 35.8 Å². The maximum atomic E-state index is 6.61. The number of nitrogens with one attached hydrogen (secondary N) is 1. The third kappa shape index (κ3) is 6.14. The van der Waals surface area contributed by atoms with Gasteiger partial charge in [0.05, 0.1) is 4.90 Å². The van der Waals surface area contributed by atoms with Crippen molar-refractivity contribution in [1.82, 2.24) is 15.3 Å². The summed E-state index contributed by atoms with van der Waals surface area (Å²) in [6.45, 7) is 5.89. The van der Waals surface area contributed by atoms with Crippen LogP contribution in [0.2, 0.25) is 5.15 Å². The Morgan fingerprint density at radius 2 is 2.03 bits per heavy atom. The lowest BCUT2D eigenvalue weighted by molar-refractivity contribution is 0.438. The third-order valence-corrected chi connectivity index (χ3v) is 6.29. The van der Waals surface area contributed by atoms with Crippen molar-refractivity contribution in [2.24, 2.45) is 0 Å². The minimum absolute atomic E-state index is 0. The van der Waals surface area contributed by atoms with Gasteiger partial charge in [0.25, 0.3) is 0 Å². The average molecular weight is 456 g/mol. The first kappa shape index (κ1) is 24.1. The second-order valence-electron chi connectivity index (χ2n) is 7.21. The van der Waals surface area contributed by atoms with Crippen molar-refractivity contribution in [1.29, 1.82) is 0 Å². The smallest absolute Gasteiger partial charge is 0.228 e. The highest BCUT2D eigenvalue weighted by Crippen LogP contribution is 2.36. The number of unbranched alkanes of at least 4 members (excludes halogenated alkanes) is 1. The van der Waals surface area contributed by atoms with E-state index in [1.165, 1.54) is 18.4 Å². The predicted molar refractivity (Wildman–Crippen MR) is 128 cm³/mol. The van der Waals surface area contributed by atoms with Gasteiger partial charge in [0.1, 0.15) is 11.0 Å². The van der Waals surface area contributed by atoms with E-state index >= 15 is 0 Å². The SMILES string of the molecule is CCCCC1CNCCN1c1nc(N(C)Cc2ccccc2)nc(Cl)c1SC.Cl. The number of hydrogen-bond donors (Lipinski definition) is 1. The van der Waals surface area contributed by atoms with Gasteiger partial charge in [0.15, 0.2) is 0 Å². The maximum absolute atomic E-state index is 6.61. The van der Waals surface area contributed by atoms with Crippen LogP contribution in [0.4, 0.5) is 11.8 Å². The molecule has 160 valence electrons. The number of benzene rings is 1. The maximum Gasteiger partial charge on any atom is 0.228 e. The summed E-state index contributed by atoms with van der Waals surface area (Å²) >= 11 is 8.24. The van der Waals surface area contributed by atoms with Gasteiger partial charge in [-0.05, 0) is 18.2 Å². The number of rotatable bonds is 8. The van der Waals surface area contributed by atoms with Crippen molar-refractivity contribution < 1.29 is 0 Å². The summed E-state index contributed by atoms with van der Waals surface area (Å²) in [5, 5.41) is 4.07. The number of aromatic nitrogens is 2. The zero-order valence-electron chi connectivity index (χ0n) is 17.4. The summed E-state index contributed by atoms with van der Waals surface area (Å²) < 4.78 is 0. The van der Waals surface area contributed by atoms with Gasteiger partial charge in [-0.1, -0.05) is 61.7 Å². The van der Waals surface area contributed by atoms with E-state index in [1.807, 2.05) is 19.4 Å². The number of hydrogen-bond acceptors (Lipinski definition) is 6. The molecule has 0 amide bonds. The molecular formula is C21H31Cl2N5S. The molecule has 1 fully saturated rings. The lowest BCUT2D eigenvalue weighted by atomic mass is 10.1.